The van der Waals surface area contributed by atoms with Gasteiger partial charge in [0.05, 0.1) is 6.17 Å². The molecule has 93 valence electrons. The molecule has 0 amide bonds. The number of rotatable bonds is 2. The molecule has 0 bridgehead atoms. The fraction of sp³-hybridized carbons (Fsp3) is 0.909. The van der Waals surface area contributed by atoms with Crippen molar-refractivity contribution in [3.63, 3.8) is 0 Å². The molecule has 1 fully saturated rings. The van der Waals surface area contributed by atoms with Crippen LogP contribution >= 0.6 is 0 Å². The predicted octanol–water partition coefficient (Wildman–Crippen LogP) is 0.231. The van der Waals surface area contributed by atoms with E-state index in [1.54, 1.807) is 6.92 Å². The largest absolute Gasteiger partial charge is 0.459 e. The van der Waals surface area contributed by atoms with Crippen molar-refractivity contribution >= 4 is 5.97 Å². The third-order valence-corrected chi connectivity index (χ3v) is 2.46. The summed E-state index contributed by atoms with van der Waals surface area (Å²) in [5.41, 5.74) is 7.25. The number of esters is 1. The van der Waals surface area contributed by atoms with E-state index in [9.17, 15) is 4.79 Å². The Morgan fingerprint density at radius 3 is 2.69 bits per heavy atom. The molecule has 2 atom stereocenters. The Kier molecular flexibility index (Phi) is 4.29. The van der Waals surface area contributed by atoms with Crippen LogP contribution in [0.15, 0.2) is 0 Å². The minimum Gasteiger partial charge on any atom is -0.459 e. The quantitative estimate of drug-likeness (QED) is 0.687. The molecule has 2 N–H and O–H groups in total. The van der Waals surface area contributed by atoms with Crippen molar-refractivity contribution in [3.05, 3.63) is 0 Å². The van der Waals surface area contributed by atoms with Crippen LogP contribution in [0.4, 0.5) is 0 Å². The first kappa shape index (κ1) is 13.4. The van der Waals surface area contributed by atoms with Crippen LogP contribution in [0.25, 0.3) is 0 Å². The summed E-state index contributed by atoms with van der Waals surface area (Å²) >= 11 is 0. The molecule has 0 aromatic rings. The number of hydrogen-bond acceptors (Lipinski definition) is 4. The second-order valence-electron chi connectivity index (χ2n) is 5.17. The summed E-state index contributed by atoms with van der Waals surface area (Å²) in [6.07, 6.45) is -0.375. The van der Waals surface area contributed by atoms with Gasteiger partial charge in [0.15, 0.2) is 0 Å². The zero-order chi connectivity index (χ0) is 12.3. The molecule has 5 nitrogen and oxygen atoms in total. The summed E-state index contributed by atoms with van der Waals surface area (Å²) in [6, 6.07) is -0.333. The standard InChI is InChI=1S/C11H22N3O2/c1-8(12)14-6-5-13-7-9(14)10(15)16-11(2,3)4/h8-9,12-13H,5-7H2,1-4H3. The first-order valence-corrected chi connectivity index (χ1v) is 5.72. The van der Waals surface area contributed by atoms with Crippen molar-refractivity contribution in [1.29, 1.82) is 0 Å². The fourth-order valence-electron chi connectivity index (χ4n) is 1.77. The molecule has 5 heteroatoms. The van der Waals surface area contributed by atoms with E-state index in [-0.39, 0.29) is 18.2 Å². The maximum Gasteiger partial charge on any atom is 0.325 e. The fourth-order valence-corrected chi connectivity index (χ4v) is 1.77. The summed E-state index contributed by atoms with van der Waals surface area (Å²) in [6.45, 7) is 9.46. The van der Waals surface area contributed by atoms with E-state index >= 15 is 0 Å². The monoisotopic (exact) mass is 228 g/mol. The lowest BCUT2D eigenvalue weighted by Crippen LogP contribution is -2.59. The van der Waals surface area contributed by atoms with Crippen LogP contribution in [-0.2, 0) is 9.53 Å². The number of nitrogens with one attached hydrogen (secondary N) is 2. The Hall–Kier alpha value is -0.650. The average Bonchev–Trinajstić information content (AvgIpc) is 2.15. The Bertz CT molecular complexity index is 248. The van der Waals surface area contributed by atoms with Crippen LogP contribution in [0.1, 0.15) is 27.7 Å². The number of ether oxygens (including phenoxy) is 1. The molecular weight excluding hydrogens is 206 g/mol. The van der Waals surface area contributed by atoms with E-state index in [4.69, 9.17) is 10.5 Å². The number of piperazine rings is 1. The zero-order valence-corrected chi connectivity index (χ0v) is 10.5. The van der Waals surface area contributed by atoms with Crippen LogP contribution in [0.3, 0.4) is 0 Å². The lowest BCUT2D eigenvalue weighted by Gasteiger charge is -2.37. The van der Waals surface area contributed by atoms with Crippen LogP contribution in [0, 0.1) is 0 Å². The van der Waals surface area contributed by atoms with Gasteiger partial charge in [-0.15, -0.1) is 0 Å². The van der Waals surface area contributed by atoms with E-state index in [0.717, 1.165) is 6.54 Å². The van der Waals surface area contributed by atoms with E-state index in [2.05, 4.69) is 5.32 Å². The maximum absolute atomic E-state index is 11.9. The van der Waals surface area contributed by atoms with Gasteiger partial charge in [0.2, 0.25) is 0 Å². The molecule has 0 spiro atoms. The van der Waals surface area contributed by atoms with Gasteiger partial charge in [0.1, 0.15) is 11.6 Å². The Balaban J connectivity index is 2.64. The lowest BCUT2D eigenvalue weighted by molar-refractivity contribution is -0.163. The highest BCUT2D eigenvalue weighted by atomic mass is 16.6. The first-order chi connectivity index (χ1) is 7.31. The minimum atomic E-state index is -0.467. The highest BCUT2D eigenvalue weighted by molar-refractivity contribution is 5.76. The molecular formula is C11H22N3O2. The molecule has 1 heterocycles. The SMILES string of the molecule is CC([NH])N1CCNCC1C(=O)OC(C)(C)C. The summed E-state index contributed by atoms with van der Waals surface area (Å²) in [5, 5.41) is 3.16. The van der Waals surface area contributed by atoms with Gasteiger partial charge in [0.25, 0.3) is 0 Å². The van der Waals surface area contributed by atoms with Crippen molar-refractivity contribution in [2.45, 2.75) is 45.5 Å². The molecule has 2 unspecified atom stereocenters. The summed E-state index contributed by atoms with van der Waals surface area (Å²) in [7, 11) is 0. The molecule has 1 saturated heterocycles. The van der Waals surface area contributed by atoms with Crippen LogP contribution in [0.5, 0.6) is 0 Å². The lowest BCUT2D eigenvalue weighted by atomic mass is 10.1. The number of carbonyl (C=O) groups excluding carboxylic acids is 1. The normalized spacial score (nSPS) is 25.2. The van der Waals surface area contributed by atoms with Crippen molar-refractivity contribution in [2.24, 2.45) is 0 Å². The van der Waals surface area contributed by atoms with Gasteiger partial charge >= 0.3 is 5.97 Å². The second kappa shape index (κ2) is 5.12. The molecule has 1 aliphatic heterocycles. The van der Waals surface area contributed by atoms with Crippen LogP contribution < -0.4 is 11.1 Å². The van der Waals surface area contributed by atoms with Crippen molar-refractivity contribution < 1.29 is 9.53 Å². The van der Waals surface area contributed by atoms with E-state index in [0.29, 0.717) is 13.1 Å². The number of nitrogens with zero attached hydrogens (tertiary/aromatic N) is 1. The number of carbonyl (C=O) groups is 1. The maximum atomic E-state index is 11.9. The molecule has 1 radical (unpaired) electrons. The summed E-state index contributed by atoms with van der Waals surface area (Å²) in [5.74, 6) is -0.237. The van der Waals surface area contributed by atoms with Gasteiger partial charge in [0, 0.05) is 19.6 Å². The first-order valence-electron chi connectivity index (χ1n) is 5.72. The predicted molar refractivity (Wildman–Crippen MR) is 61.8 cm³/mol. The van der Waals surface area contributed by atoms with Crippen LogP contribution in [-0.4, -0.2) is 48.3 Å². The third-order valence-electron chi connectivity index (χ3n) is 2.46. The smallest absolute Gasteiger partial charge is 0.325 e. The third kappa shape index (κ3) is 3.73. The highest BCUT2D eigenvalue weighted by Gasteiger charge is 2.33. The van der Waals surface area contributed by atoms with Crippen molar-refractivity contribution in [2.75, 3.05) is 19.6 Å². The topological polar surface area (TPSA) is 65.4 Å². The zero-order valence-electron chi connectivity index (χ0n) is 10.5. The van der Waals surface area contributed by atoms with Gasteiger partial charge in [-0.1, -0.05) is 0 Å². The van der Waals surface area contributed by atoms with Crippen LogP contribution in [0.2, 0.25) is 0 Å². The molecule has 0 saturated carbocycles. The molecule has 1 aliphatic rings. The highest BCUT2D eigenvalue weighted by Crippen LogP contribution is 2.13. The molecule has 0 aromatic heterocycles. The summed E-state index contributed by atoms with van der Waals surface area (Å²) in [4.78, 5) is 13.8. The van der Waals surface area contributed by atoms with E-state index in [1.165, 1.54) is 0 Å². The number of hydrogen-bond donors (Lipinski definition) is 1. The Morgan fingerprint density at radius 1 is 1.56 bits per heavy atom. The van der Waals surface area contributed by atoms with E-state index in [1.807, 2.05) is 25.7 Å². The van der Waals surface area contributed by atoms with Gasteiger partial charge in [-0.05, 0) is 27.7 Å². The van der Waals surface area contributed by atoms with Gasteiger partial charge in [-0.3, -0.25) is 9.69 Å². The van der Waals surface area contributed by atoms with Crippen molar-refractivity contribution in [1.82, 2.24) is 16.0 Å². The second-order valence-corrected chi connectivity index (χ2v) is 5.17. The van der Waals surface area contributed by atoms with Gasteiger partial charge < -0.3 is 10.1 Å². The Labute approximate surface area is 97.3 Å². The van der Waals surface area contributed by atoms with E-state index < -0.39 is 5.60 Å². The van der Waals surface area contributed by atoms with Gasteiger partial charge in [-0.25, -0.2) is 5.73 Å². The molecule has 16 heavy (non-hydrogen) atoms. The average molecular weight is 228 g/mol. The molecule has 1 rings (SSSR count). The molecule has 0 aromatic carbocycles. The minimum absolute atomic E-state index is 0.237. The van der Waals surface area contributed by atoms with Crippen molar-refractivity contribution in [3.8, 4) is 0 Å². The molecule has 0 aliphatic carbocycles. The Morgan fingerprint density at radius 2 is 2.19 bits per heavy atom. The van der Waals surface area contributed by atoms with Gasteiger partial charge in [-0.2, -0.15) is 0 Å². The summed E-state index contributed by atoms with van der Waals surface area (Å²) < 4.78 is 5.35.